The fraction of sp³-hybridized carbons (Fsp3) is 0.588. The largest absolute Gasteiger partial charge is 0.468 e. The predicted octanol–water partition coefficient (Wildman–Crippen LogP) is 1.41. The topological polar surface area (TPSA) is 96.1 Å². The molecule has 0 aliphatic rings. The second-order valence-electron chi connectivity index (χ2n) is 5.99. The van der Waals surface area contributed by atoms with Gasteiger partial charge in [0, 0.05) is 20.5 Å². The second kappa shape index (κ2) is 8.48. The van der Waals surface area contributed by atoms with E-state index in [1.165, 1.54) is 30.5 Å². The van der Waals surface area contributed by atoms with Crippen molar-refractivity contribution in [3.8, 4) is 0 Å². The van der Waals surface area contributed by atoms with E-state index in [-0.39, 0.29) is 11.4 Å². The van der Waals surface area contributed by atoms with E-state index >= 15 is 0 Å². The lowest BCUT2D eigenvalue weighted by molar-refractivity contribution is -0.140. The standard InChI is InChI=1S/C17H24N4O4S/c1-6-8-9-11-18-13-12(15(22)21(4)17(24)20(13)3)14(19-11)26-10(7-2)16(23)25-5/h10H,6-9H2,1-5H3/t10-/m0/s1. The number of nitrogens with zero attached hydrogens (tertiary/aromatic N) is 4. The first-order valence-electron chi connectivity index (χ1n) is 8.56. The summed E-state index contributed by atoms with van der Waals surface area (Å²) in [4.78, 5) is 45.9. The first-order valence-corrected chi connectivity index (χ1v) is 9.44. The van der Waals surface area contributed by atoms with E-state index in [0.29, 0.717) is 29.3 Å². The predicted molar refractivity (Wildman–Crippen MR) is 101 cm³/mol. The van der Waals surface area contributed by atoms with E-state index in [9.17, 15) is 14.4 Å². The van der Waals surface area contributed by atoms with Gasteiger partial charge in [-0.15, -0.1) is 0 Å². The van der Waals surface area contributed by atoms with E-state index in [1.807, 2.05) is 6.92 Å². The molecule has 0 saturated heterocycles. The molecule has 1 atom stereocenters. The number of aryl methyl sites for hydroxylation is 2. The van der Waals surface area contributed by atoms with Crippen LogP contribution in [-0.4, -0.2) is 37.4 Å². The number of ether oxygens (including phenoxy) is 1. The van der Waals surface area contributed by atoms with Crippen LogP contribution in [0.2, 0.25) is 0 Å². The highest BCUT2D eigenvalue weighted by Crippen LogP contribution is 2.29. The van der Waals surface area contributed by atoms with Gasteiger partial charge in [-0.05, 0) is 12.8 Å². The van der Waals surface area contributed by atoms with Crippen molar-refractivity contribution in [1.82, 2.24) is 19.1 Å². The molecule has 0 saturated carbocycles. The van der Waals surface area contributed by atoms with Gasteiger partial charge in [0.15, 0.2) is 5.65 Å². The highest BCUT2D eigenvalue weighted by Gasteiger charge is 2.24. The third-order valence-corrected chi connectivity index (χ3v) is 5.48. The Labute approximate surface area is 155 Å². The van der Waals surface area contributed by atoms with Gasteiger partial charge in [0.2, 0.25) is 0 Å². The Balaban J connectivity index is 2.74. The molecule has 0 fully saturated rings. The number of hydrogen-bond donors (Lipinski definition) is 0. The summed E-state index contributed by atoms with van der Waals surface area (Å²) in [5, 5.41) is 0.177. The van der Waals surface area contributed by atoms with Crippen molar-refractivity contribution in [2.75, 3.05) is 7.11 Å². The Morgan fingerprint density at radius 1 is 1.19 bits per heavy atom. The van der Waals surface area contributed by atoms with Crippen LogP contribution in [0, 0.1) is 0 Å². The molecule has 2 aromatic rings. The molecule has 0 amide bonds. The van der Waals surface area contributed by atoms with Crippen LogP contribution in [0.25, 0.3) is 11.0 Å². The smallest absolute Gasteiger partial charge is 0.332 e. The summed E-state index contributed by atoms with van der Waals surface area (Å²) in [6.45, 7) is 3.93. The maximum Gasteiger partial charge on any atom is 0.332 e. The van der Waals surface area contributed by atoms with Crippen molar-refractivity contribution in [3.63, 3.8) is 0 Å². The van der Waals surface area contributed by atoms with Gasteiger partial charge in [-0.3, -0.25) is 18.7 Å². The number of methoxy groups -OCH3 is 1. The molecule has 2 rings (SSSR count). The first-order chi connectivity index (χ1) is 12.3. The van der Waals surface area contributed by atoms with Gasteiger partial charge >= 0.3 is 11.7 Å². The summed E-state index contributed by atoms with van der Waals surface area (Å²) in [5.41, 5.74) is -0.618. The van der Waals surface area contributed by atoms with E-state index in [2.05, 4.69) is 16.9 Å². The number of hydrogen-bond acceptors (Lipinski definition) is 7. The van der Waals surface area contributed by atoms with Crippen LogP contribution in [0.1, 0.15) is 38.9 Å². The summed E-state index contributed by atoms with van der Waals surface area (Å²) < 4.78 is 7.21. The van der Waals surface area contributed by atoms with E-state index in [1.54, 1.807) is 7.05 Å². The number of esters is 1. The molecule has 0 aromatic carbocycles. The van der Waals surface area contributed by atoms with Crippen LogP contribution in [0.3, 0.4) is 0 Å². The van der Waals surface area contributed by atoms with Crippen molar-refractivity contribution in [3.05, 3.63) is 26.7 Å². The zero-order chi connectivity index (χ0) is 19.4. The Morgan fingerprint density at radius 2 is 1.88 bits per heavy atom. The number of fused-ring (bicyclic) bond motifs is 1. The molecule has 0 aliphatic carbocycles. The molecule has 26 heavy (non-hydrogen) atoms. The fourth-order valence-corrected chi connectivity index (χ4v) is 3.65. The second-order valence-corrected chi connectivity index (χ2v) is 7.18. The molecule has 2 heterocycles. The van der Waals surface area contributed by atoms with Gasteiger partial charge in [0.1, 0.15) is 21.5 Å². The average molecular weight is 380 g/mol. The molecule has 0 unspecified atom stereocenters. The number of carbonyl (C=O) groups excluding carboxylic acids is 1. The lowest BCUT2D eigenvalue weighted by Crippen LogP contribution is -2.38. The van der Waals surface area contributed by atoms with Crippen LogP contribution >= 0.6 is 11.8 Å². The van der Waals surface area contributed by atoms with Gasteiger partial charge in [-0.1, -0.05) is 32.0 Å². The van der Waals surface area contributed by atoms with E-state index in [0.717, 1.165) is 17.4 Å². The summed E-state index contributed by atoms with van der Waals surface area (Å²) in [7, 11) is 4.33. The molecule has 8 nitrogen and oxygen atoms in total. The molecule has 142 valence electrons. The Kier molecular flexibility index (Phi) is 6.57. The molecule has 2 aromatic heterocycles. The van der Waals surface area contributed by atoms with Crippen molar-refractivity contribution < 1.29 is 9.53 Å². The molecule has 0 aliphatic heterocycles. The van der Waals surface area contributed by atoms with Gasteiger partial charge in [0.25, 0.3) is 5.56 Å². The molecule has 9 heteroatoms. The third-order valence-electron chi connectivity index (χ3n) is 4.16. The van der Waals surface area contributed by atoms with Gasteiger partial charge in [-0.2, -0.15) is 0 Å². The zero-order valence-corrected chi connectivity index (χ0v) is 16.6. The maximum atomic E-state index is 12.7. The van der Waals surface area contributed by atoms with Crippen molar-refractivity contribution in [1.29, 1.82) is 0 Å². The molecule has 0 radical (unpaired) electrons. The van der Waals surface area contributed by atoms with Gasteiger partial charge in [-0.25, -0.2) is 14.8 Å². The summed E-state index contributed by atoms with van der Waals surface area (Å²) in [6.07, 6.45) is 3.03. The summed E-state index contributed by atoms with van der Waals surface area (Å²) in [5.74, 6) is 0.186. The van der Waals surface area contributed by atoms with E-state index < -0.39 is 16.5 Å². The molecule has 0 N–H and O–H groups in total. The minimum Gasteiger partial charge on any atom is -0.468 e. The van der Waals surface area contributed by atoms with Crippen LogP contribution in [-0.2, 0) is 30.0 Å². The number of carbonyl (C=O) groups is 1. The average Bonchev–Trinajstić information content (AvgIpc) is 2.65. The fourth-order valence-electron chi connectivity index (χ4n) is 2.57. The zero-order valence-electron chi connectivity index (χ0n) is 15.7. The molecular formula is C17H24N4O4S. The maximum absolute atomic E-state index is 12.7. The van der Waals surface area contributed by atoms with Crippen LogP contribution in [0.15, 0.2) is 14.6 Å². The highest BCUT2D eigenvalue weighted by molar-refractivity contribution is 8.00. The Morgan fingerprint density at radius 3 is 2.46 bits per heavy atom. The summed E-state index contributed by atoms with van der Waals surface area (Å²) in [6, 6.07) is 0. The molecular weight excluding hydrogens is 356 g/mol. The van der Waals surface area contributed by atoms with Crippen LogP contribution < -0.4 is 11.2 Å². The van der Waals surface area contributed by atoms with Gasteiger partial charge in [0.05, 0.1) is 7.11 Å². The monoisotopic (exact) mass is 380 g/mol. The van der Waals surface area contributed by atoms with Crippen molar-refractivity contribution in [2.45, 2.75) is 49.8 Å². The number of aromatic nitrogens is 4. The SMILES string of the molecule is CCCCc1nc(S[C@@H](CC)C(=O)OC)c2c(=O)n(C)c(=O)n(C)c2n1. The van der Waals surface area contributed by atoms with E-state index in [4.69, 9.17) is 4.74 Å². The van der Waals surface area contributed by atoms with Crippen molar-refractivity contribution in [2.24, 2.45) is 14.1 Å². The molecule has 0 bridgehead atoms. The first kappa shape index (κ1) is 20.2. The highest BCUT2D eigenvalue weighted by atomic mass is 32.2. The normalized spacial score (nSPS) is 12.3. The van der Waals surface area contributed by atoms with Crippen molar-refractivity contribution >= 4 is 28.8 Å². The minimum absolute atomic E-state index is 0.252. The number of thioether (sulfide) groups is 1. The number of unbranched alkanes of at least 4 members (excludes halogenated alkanes) is 1. The summed E-state index contributed by atoms with van der Waals surface area (Å²) >= 11 is 1.18. The van der Waals surface area contributed by atoms with Crippen LogP contribution in [0.4, 0.5) is 0 Å². The number of rotatable bonds is 7. The Hall–Kier alpha value is -2.16. The lowest BCUT2D eigenvalue weighted by atomic mass is 10.2. The Bertz CT molecular complexity index is 935. The molecule has 0 spiro atoms. The van der Waals surface area contributed by atoms with Crippen LogP contribution in [0.5, 0.6) is 0 Å². The minimum atomic E-state index is -0.487. The lowest BCUT2D eigenvalue weighted by Gasteiger charge is -2.15. The van der Waals surface area contributed by atoms with Gasteiger partial charge < -0.3 is 4.74 Å². The third kappa shape index (κ3) is 3.82. The quantitative estimate of drug-likeness (QED) is 0.407.